The first-order valence-electron chi connectivity index (χ1n) is 7.65. The summed E-state index contributed by atoms with van der Waals surface area (Å²) in [5.74, 6) is -1.07. The Morgan fingerprint density at radius 1 is 1.33 bits per heavy atom. The lowest BCUT2D eigenvalue weighted by molar-refractivity contribution is -0.135. The maximum atomic E-state index is 13.5. The van der Waals surface area contributed by atoms with Crippen molar-refractivity contribution in [2.24, 2.45) is 5.10 Å². The Morgan fingerprint density at radius 3 is 2.83 bits per heavy atom. The van der Waals surface area contributed by atoms with Crippen LogP contribution in [0.3, 0.4) is 0 Å². The van der Waals surface area contributed by atoms with Gasteiger partial charge >= 0.3 is 0 Å². The second-order valence-electron chi connectivity index (χ2n) is 5.58. The van der Waals surface area contributed by atoms with Crippen molar-refractivity contribution in [2.75, 3.05) is 13.1 Å². The van der Waals surface area contributed by atoms with Gasteiger partial charge in [-0.05, 0) is 31.9 Å². The second kappa shape index (κ2) is 8.44. The maximum absolute atomic E-state index is 13.5. The number of carbonyl (C=O) groups excluding carboxylic acids is 2. The van der Waals surface area contributed by atoms with Crippen molar-refractivity contribution in [3.8, 4) is 0 Å². The van der Waals surface area contributed by atoms with Crippen LogP contribution in [0.1, 0.15) is 38.2 Å². The molecule has 0 radical (unpaired) electrons. The number of halogens is 3. The lowest BCUT2D eigenvalue weighted by Gasteiger charge is -2.19. The molecule has 5 nitrogen and oxygen atoms in total. The summed E-state index contributed by atoms with van der Waals surface area (Å²) in [5.41, 5.74) is 2.86. The lowest BCUT2D eigenvalue weighted by atomic mass is 10.1. The fourth-order valence-corrected chi connectivity index (χ4v) is 3.12. The van der Waals surface area contributed by atoms with E-state index in [4.69, 9.17) is 23.2 Å². The topological polar surface area (TPSA) is 61.8 Å². The van der Waals surface area contributed by atoms with Crippen molar-refractivity contribution in [3.05, 3.63) is 33.6 Å². The van der Waals surface area contributed by atoms with E-state index in [0.29, 0.717) is 13.0 Å². The monoisotopic (exact) mass is 373 g/mol. The van der Waals surface area contributed by atoms with Gasteiger partial charge in [-0.2, -0.15) is 5.10 Å². The van der Waals surface area contributed by atoms with Crippen LogP contribution in [-0.2, 0) is 9.59 Å². The number of nitrogens with zero attached hydrogens (tertiary/aromatic N) is 2. The third-order valence-electron chi connectivity index (χ3n) is 3.76. The molecule has 0 aliphatic carbocycles. The molecular weight excluding hydrogens is 356 g/mol. The Labute approximate surface area is 149 Å². The highest BCUT2D eigenvalue weighted by atomic mass is 35.5. The minimum atomic E-state index is -0.618. The molecule has 1 aliphatic heterocycles. The predicted octanol–water partition coefficient (Wildman–Crippen LogP) is 3.38. The number of nitrogens with one attached hydrogen (secondary N) is 1. The summed E-state index contributed by atoms with van der Waals surface area (Å²) in [7, 11) is 0. The Morgan fingerprint density at radius 2 is 2.08 bits per heavy atom. The molecule has 0 saturated carbocycles. The zero-order valence-corrected chi connectivity index (χ0v) is 14.8. The molecule has 0 bridgehead atoms. The second-order valence-corrected chi connectivity index (χ2v) is 6.36. The Bertz CT molecular complexity index is 680. The van der Waals surface area contributed by atoms with Gasteiger partial charge < -0.3 is 4.90 Å². The summed E-state index contributed by atoms with van der Waals surface area (Å²) < 4.78 is 13.5. The standard InChI is InChI=1S/C16H18Cl2FN3O2/c1-10(15-11(17)6-7-12(19)16(15)18)20-21-13(23)9-22-8-4-2-3-5-14(22)24/h6-7H,2-5,8-9H2,1H3,(H,21,23)/b20-10-. The van der Waals surface area contributed by atoms with Gasteiger partial charge in [0.25, 0.3) is 5.91 Å². The highest BCUT2D eigenvalue weighted by molar-refractivity contribution is 6.40. The first-order valence-corrected chi connectivity index (χ1v) is 8.40. The molecule has 0 aromatic heterocycles. The highest BCUT2D eigenvalue weighted by Crippen LogP contribution is 2.27. The third kappa shape index (κ3) is 4.68. The summed E-state index contributed by atoms with van der Waals surface area (Å²) in [6.45, 7) is 2.07. The van der Waals surface area contributed by atoms with Crippen molar-refractivity contribution in [1.29, 1.82) is 0 Å². The molecule has 0 atom stereocenters. The molecule has 1 N–H and O–H groups in total. The number of rotatable bonds is 4. The molecule has 2 amide bonds. The van der Waals surface area contributed by atoms with E-state index in [1.807, 2.05) is 0 Å². The molecule has 1 aliphatic rings. The van der Waals surface area contributed by atoms with E-state index in [1.165, 1.54) is 11.0 Å². The first kappa shape index (κ1) is 18.7. The number of hydrazone groups is 1. The molecule has 1 fully saturated rings. The predicted molar refractivity (Wildman–Crippen MR) is 91.8 cm³/mol. The zero-order valence-electron chi connectivity index (χ0n) is 13.2. The van der Waals surface area contributed by atoms with Crippen LogP contribution in [0.25, 0.3) is 0 Å². The summed E-state index contributed by atoms with van der Waals surface area (Å²) in [5, 5.41) is 4.00. The van der Waals surface area contributed by atoms with E-state index in [0.717, 1.165) is 25.3 Å². The highest BCUT2D eigenvalue weighted by Gasteiger charge is 2.19. The van der Waals surface area contributed by atoms with E-state index >= 15 is 0 Å². The third-order valence-corrected chi connectivity index (χ3v) is 4.44. The van der Waals surface area contributed by atoms with Crippen LogP contribution >= 0.6 is 23.2 Å². The molecule has 1 aromatic carbocycles. The molecule has 2 rings (SSSR count). The van der Waals surface area contributed by atoms with Gasteiger partial charge in [-0.3, -0.25) is 9.59 Å². The van der Waals surface area contributed by atoms with Crippen molar-refractivity contribution >= 4 is 40.7 Å². The number of benzene rings is 1. The molecule has 130 valence electrons. The summed E-state index contributed by atoms with van der Waals surface area (Å²) in [6.07, 6.45) is 3.18. The van der Waals surface area contributed by atoms with Crippen molar-refractivity contribution in [2.45, 2.75) is 32.6 Å². The average Bonchev–Trinajstić information content (AvgIpc) is 2.74. The zero-order chi connectivity index (χ0) is 17.7. The van der Waals surface area contributed by atoms with Gasteiger partial charge in [0.1, 0.15) is 12.4 Å². The largest absolute Gasteiger partial charge is 0.333 e. The Balaban J connectivity index is 2.03. The van der Waals surface area contributed by atoms with Crippen LogP contribution in [0.2, 0.25) is 10.0 Å². The first-order chi connectivity index (χ1) is 11.4. The average molecular weight is 374 g/mol. The fraction of sp³-hybridized carbons (Fsp3) is 0.438. The molecule has 1 aromatic rings. The molecule has 1 heterocycles. The minimum Gasteiger partial charge on any atom is -0.333 e. The maximum Gasteiger partial charge on any atom is 0.259 e. The number of hydrogen-bond donors (Lipinski definition) is 1. The van der Waals surface area contributed by atoms with Gasteiger partial charge in [-0.25, -0.2) is 9.82 Å². The van der Waals surface area contributed by atoms with Crippen LogP contribution < -0.4 is 5.43 Å². The molecular formula is C16H18Cl2FN3O2. The van der Waals surface area contributed by atoms with Crippen molar-refractivity contribution in [3.63, 3.8) is 0 Å². The SMILES string of the molecule is C/C(=N/NC(=O)CN1CCCCCC1=O)c1c(Cl)ccc(F)c1Cl. The number of hydrogen-bond acceptors (Lipinski definition) is 3. The number of amides is 2. The van der Waals surface area contributed by atoms with Crippen molar-refractivity contribution < 1.29 is 14.0 Å². The number of carbonyl (C=O) groups is 2. The summed E-state index contributed by atoms with van der Waals surface area (Å²) >= 11 is 11.9. The molecule has 0 spiro atoms. The minimum absolute atomic E-state index is 0.0282. The lowest BCUT2D eigenvalue weighted by Crippen LogP contribution is -2.39. The van der Waals surface area contributed by atoms with E-state index in [-0.39, 0.29) is 33.8 Å². The van der Waals surface area contributed by atoms with E-state index in [1.54, 1.807) is 6.92 Å². The molecule has 8 heteroatoms. The molecule has 24 heavy (non-hydrogen) atoms. The van der Waals surface area contributed by atoms with Gasteiger partial charge in [0, 0.05) is 18.5 Å². The molecule has 0 unspecified atom stereocenters. The van der Waals surface area contributed by atoms with Gasteiger partial charge in [-0.15, -0.1) is 0 Å². The quantitative estimate of drug-likeness (QED) is 0.499. The van der Waals surface area contributed by atoms with E-state index < -0.39 is 11.7 Å². The van der Waals surface area contributed by atoms with Gasteiger partial charge in [-0.1, -0.05) is 29.6 Å². The van der Waals surface area contributed by atoms with Crippen molar-refractivity contribution in [1.82, 2.24) is 10.3 Å². The number of likely N-dealkylation sites (tertiary alicyclic amines) is 1. The summed E-state index contributed by atoms with van der Waals surface area (Å²) in [6, 6.07) is 2.53. The Kier molecular flexibility index (Phi) is 6.57. The van der Waals surface area contributed by atoms with Crippen LogP contribution in [-0.4, -0.2) is 35.5 Å². The fourth-order valence-electron chi connectivity index (χ4n) is 2.48. The van der Waals surface area contributed by atoms with Crippen LogP contribution in [0.15, 0.2) is 17.2 Å². The van der Waals surface area contributed by atoms with Crippen LogP contribution in [0.4, 0.5) is 4.39 Å². The van der Waals surface area contributed by atoms with E-state index in [2.05, 4.69) is 10.5 Å². The van der Waals surface area contributed by atoms with Gasteiger partial charge in [0.15, 0.2) is 0 Å². The Hall–Kier alpha value is -1.66. The van der Waals surface area contributed by atoms with Crippen LogP contribution in [0.5, 0.6) is 0 Å². The smallest absolute Gasteiger partial charge is 0.259 e. The van der Waals surface area contributed by atoms with Gasteiger partial charge in [0.2, 0.25) is 5.91 Å². The van der Waals surface area contributed by atoms with E-state index in [9.17, 15) is 14.0 Å². The summed E-state index contributed by atoms with van der Waals surface area (Å²) in [4.78, 5) is 25.4. The normalized spacial score (nSPS) is 16.1. The van der Waals surface area contributed by atoms with Crippen LogP contribution in [0, 0.1) is 5.82 Å². The molecule has 1 saturated heterocycles. The van der Waals surface area contributed by atoms with Gasteiger partial charge in [0.05, 0.1) is 15.8 Å².